The van der Waals surface area contributed by atoms with Gasteiger partial charge in [0.15, 0.2) is 0 Å². The van der Waals surface area contributed by atoms with Crippen LogP contribution >= 0.6 is 0 Å². The summed E-state index contributed by atoms with van der Waals surface area (Å²) in [6.45, 7) is 9.25. The maximum atomic E-state index is 12.8. The molecule has 174 valence electrons. The van der Waals surface area contributed by atoms with Gasteiger partial charge in [-0.25, -0.2) is 4.79 Å². The monoisotopic (exact) mass is 429 g/mol. The Morgan fingerprint density at radius 2 is 1.40 bits per heavy atom. The molecule has 4 atom stereocenters. The van der Waals surface area contributed by atoms with Crippen molar-refractivity contribution in [3.05, 3.63) is 0 Å². The van der Waals surface area contributed by atoms with Crippen LogP contribution in [0.25, 0.3) is 0 Å². The van der Waals surface area contributed by atoms with Crippen LogP contribution in [0.5, 0.6) is 0 Å². The normalized spacial score (nSPS) is 15.2. The van der Waals surface area contributed by atoms with E-state index < -0.39 is 47.9 Å². The number of nitrogens with one attached hydrogen (secondary N) is 3. The third-order valence-corrected chi connectivity index (χ3v) is 4.56. The average Bonchev–Trinajstić information content (AvgIpc) is 2.63. The van der Waals surface area contributed by atoms with Gasteiger partial charge in [0, 0.05) is 0 Å². The minimum Gasteiger partial charge on any atom is -0.480 e. The molecule has 30 heavy (non-hydrogen) atoms. The second-order valence-corrected chi connectivity index (χ2v) is 8.39. The number of amides is 3. The van der Waals surface area contributed by atoms with Crippen molar-refractivity contribution in [3.63, 3.8) is 0 Å². The van der Waals surface area contributed by atoms with Gasteiger partial charge in [0.1, 0.15) is 18.1 Å². The summed E-state index contributed by atoms with van der Waals surface area (Å²) in [6.07, 6.45) is 1.83. The fourth-order valence-electron chi connectivity index (χ4n) is 2.81. The number of nitrogens with two attached hydrogens (primary N) is 2. The van der Waals surface area contributed by atoms with Gasteiger partial charge >= 0.3 is 5.97 Å². The molecule has 0 aromatic rings. The first-order valence-corrected chi connectivity index (χ1v) is 10.5. The van der Waals surface area contributed by atoms with Crippen molar-refractivity contribution in [2.24, 2.45) is 23.3 Å². The molecule has 0 aromatic heterocycles. The van der Waals surface area contributed by atoms with Crippen molar-refractivity contribution >= 4 is 23.7 Å². The fraction of sp³-hybridized carbons (Fsp3) is 0.800. The van der Waals surface area contributed by atoms with Crippen LogP contribution in [0.2, 0.25) is 0 Å². The van der Waals surface area contributed by atoms with Crippen LogP contribution in [-0.2, 0) is 19.2 Å². The molecular formula is C20H39N5O5. The van der Waals surface area contributed by atoms with E-state index in [1.807, 2.05) is 13.8 Å². The Bertz CT molecular complexity index is 580. The van der Waals surface area contributed by atoms with Gasteiger partial charge in [-0.15, -0.1) is 0 Å². The highest BCUT2D eigenvalue weighted by atomic mass is 16.4. The van der Waals surface area contributed by atoms with Crippen molar-refractivity contribution in [2.45, 2.75) is 84.5 Å². The Morgan fingerprint density at radius 3 is 1.83 bits per heavy atom. The van der Waals surface area contributed by atoms with Gasteiger partial charge in [0.2, 0.25) is 17.7 Å². The molecule has 0 aliphatic carbocycles. The van der Waals surface area contributed by atoms with E-state index in [4.69, 9.17) is 11.5 Å². The molecule has 4 unspecified atom stereocenters. The minimum absolute atomic E-state index is 0.111. The number of unbranched alkanes of at least 4 members (excludes halogenated alkanes) is 1. The van der Waals surface area contributed by atoms with Crippen LogP contribution in [0.1, 0.15) is 60.3 Å². The van der Waals surface area contributed by atoms with E-state index in [0.29, 0.717) is 25.8 Å². The molecule has 0 aliphatic heterocycles. The molecule has 8 N–H and O–H groups in total. The number of carbonyl (C=O) groups excluding carboxylic acids is 3. The first-order chi connectivity index (χ1) is 13.9. The summed E-state index contributed by atoms with van der Waals surface area (Å²) >= 11 is 0. The summed E-state index contributed by atoms with van der Waals surface area (Å²) in [5.74, 6) is -2.89. The van der Waals surface area contributed by atoms with E-state index in [0.717, 1.165) is 0 Å². The molecule has 10 nitrogen and oxygen atoms in total. The van der Waals surface area contributed by atoms with Gasteiger partial charge in [-0.2, -0.15) is 0 Å². The molecule has 0 aromatic carbocycles. The summed E-state index contributed by atoms with van der Waals surface area (Å²) in [5, 5.41) is 17.1. The number of carbonyl (C=O) groups is 4. The topological polar surface area (TPSA) is 177 Å². The summed E-state index contributed by atoms with van der Waals surface area (Å²) in [6, 6.07) is -3.64. The maximum Gasteiger partial charge on any atom is 0.326 e. The standard InChI is InChI=1S/C20H39N5O5/c1-11(2)10-15(24-17(26)13(5)22)18(27)25-16(12(3)4)19(28)23-14(20(29)30)8-6-7-9-21/h11-16H,6-10,21-22H2,1-5H3,(H,23,28)(H,24,26)(H,25,27)(H,29,30). The Balaban J connectivity index is 5.27. The Hall–Kier alpha value is -2.20. The number of carboxylic acids is 1. The molecular weight excluding hydrogens is 390 g/mol. The zero-order valence-electron chi connectivity index (χ0n) is 18.7. The molecule has 0 rings (SSSR count). The maximum absolute atomic E-state index is 12.8. The molecule has 0 radical (unpaired) electrons. The second-order valence-electron chi connectivity index (χ2n) is 8.39. The Morgan fingerprint density at radius 1 is 0.833 bits per heavy atom. The quantitative estimate of drug-likeness (QED) is 0.205. The molecule has 0 spiro atoms. The van der Waals surface area contributed by atoms with E-state index in [-0.39, 0.29) is 18.3 Å². The summed E-state index contributed by atoms with van der Waals surface area (Å²) in [5.41, 5.74) is 11.0. The molecule has 10 heteroatoms. The predicted octanol–water partition coefficient (Wildman–Crippen LogP) is -0.296. The number of hydrogen-bond acceptors (Lipinski definition) is 6. The largest absolute Gasteiger partial charge is 0.480 e. The zero-order chi connectivity index (χ0) is 23.4. The third kappa shape index (κ3) is 10.5. The fourth-order valence-corrected chi connectivity index (χ4v) is 2.81. The van der Waals surface area contributed by atoms with Crippen molar-refractivity contribution in [1.82, 2.24) is 16.0 Å². The van der Waals surface area contributed by atoms with Gasteiger partial charge in [0.05, 0.1) is 6.04 Å². The van der Waals surface area contributed by atoms with E-state index in [2.05, 4.69) is 16.0 Å². The van der Waals surface area contributed by atoms with Crippen LogP contribution in [0.15, 0.2) is 0 Å². The molecule has 0 aliphatic rings. The van der Waals surface area contributed by atoms with Crippen molar-refractivity contribution in [3.8, 4) is 0 Å². The SMILES string of the molecule is CC(C)CC(NC(=O)C(C)N)C(=O)NC(C(=O)NC(CCCCN)C(=O)O)C(C)C. The van der Waals surface area contributed by atoms with Crippen molar-refractivity contribution in [1.29, 1.82) is 0 Å². The molecule has 0 fully saturated rings. The van der Waals surface area contributed by atoms with Gasteiger partial charge in [-0.3, -0.25) is 14.4 Å². The summed E-state index contributed by atoms with van der Waals surface area (Å²) in [4.78, 5) is 49.0. The van der Waals surface area contributed by atoms with Crippen LogP contribution in [-0.4, -0.2) is 59.5 Å². The van der Waals surface area contributed by atoms with Crippen LogP contribution in [0.4, 0.5) is 0 Å². The Labute approximate surface area is 178 Å². The van der Waals surface area contributed by atoms with Crippen LogP contribution < -0.4 is 27.4 Å². The minimum atomic E-state index is -1.14. The highest BCUT2D eigenvalue weighted by Gasteiger charge is 2.31. The molecule has 0 saturated heterocycles. The number of carboxylic acid groups (broad SMARTS) is 1. The summed E-state index contributed by atoms with van der Waals surface area (Å²) in [7, 11) is 0. The smallest absolute Gasteiger partial charge is 0.326 e. The van der Waals surface area contributed by atoms with Gasteiger partial charge < -0.3 is 32.5 Å². The lowest BCUT2D eigenvalue weighted by Crippen LogP contribution is -2.58. The molecule has 0 heterocycles. The van der Waals surface area contributed by atoms with E-state index >= 15 is 0 Å². The van der Waals surface area contributed by atoms with E-state index in [1.54, 1.807) is 13.8 Å². The average molecular weight is 430 g/mol. The van der Waals surface area contributed by atoms with Crippen LogP contribution in [0, 0.1) is 11.8 Å². The lowest BCUT2D eigenvalue weighted by molar-refractivity contribution is -0.142. The lowest BCUT2D eigenvalue weighted by Gasteiger charge is -2.27. The van der Waals surface area contributed by atoms with Gasteiger partial charge in [-0.1, -0.05) is 27.7 Å². The van der Waals surface area contributed by atoms with Gasteiger partial charge in [0.25, 0.3) is 0 Å². The first-order valence-electron chi connectivity index (χ1n) is 10.5. The molecule has 3 amide bonds. The van der Waals surface area contributed by atoms with E-state index in [9.17, 15) is 24.3 Å². The first kappa shape index (κ1) is 27.8. The van der Waals surface area contributed by atoms with Gasteiger partial charge in [-0.05, 0) is 51.0 Å². The van der Waals surface area contributed by atoms with Crippen molar-refractivity contribution < 1.29 is 24.3 Å². The highest BCUT2D eigenvalue weighted by molar-refractivity contribution is 5.94. The number of aliphatic carboxylic acids is 1. The number of hydrogen-bond donors (Lipinski definition) is 6. The summed E-state index contributed by atoms with van der Waals surface area (Å²) < 4.78 is 0. The molecule has 0 saturated carbocycles. The van der Waals surface area contributed by atoms with Crippen molar-refractivity contribution in [2.75, 3.05) is 6.54 Å². The predicted molar refractivity (Wildman–Crippen MR) is 114 cm³/mol. The Kier molecular flexibility index (Phi) is 12.9. The van der Waals surface area contributed by atoms with Crippen LogP contribution in [0.3, 0.4) is 0 Å². The third-order valence-electron chi connectivity index (χ3n) is 4.56. The highest BCUT2D eigenvalue weighted by Crippen LogP contribution is 2.09. The number of rotatable bonds is 14. The zero-order valence-corrected chi connectivity index (χ0v) is 18.7. The van der Waals surface area contributed by atoms with E-state index in [1.165, 1.54) is 6.92 Å². The second kappa shape index (κ2) is 13.9. The lowest BCUT2D eigenvalue weighted by atomic mass is 9.99. The molecule has 0 bridgehead atoms.